The average molecular weight is 437 g/mol. The van der Waals surface area contributed by atoms with Crippen molar-refractivity contribution in [2.45, 2.75) is 116 Å². The van der Waals surface area contributed by atoms with Crippen LogP contribution in [-0.4, -0.2) is 44.5 Å². The molecule has 1 aliphatic carbocycles. The summed E-state index contributed by atoms with van der Waals surface area (Å²) >= 11 is 0. The van der Waals surface area contributed by atoms with Crippen LogP contribution in [0.15, 0.2) is 0 Å². The van der Waals surface area contributed by atoms with Gasteiger partial charge in [-0.2, -0.15) is 0 Å². The Morgan fingerprint density at radius 2 is 1.08 bits per heavy atom. The lowest BCUT2D eigenvalue weighted by Gasteiger charge is -2.43. The van der Waals surface area contributed by atoms with Crippen molar-refractivity contribution in [2.75, 3.05) is 0 Å². The van der Waals surface area contributed by atoms with Crippen LogP contribution < -0.4 is 0 Å². The largest absolute Gasteiger partial charge is 0.469 e. The SMILES string of the molecule is C[Si](C)(C)O[Si](CCCC1(O)CCCCC1)(O[Si](C)(C)C)O[Si](C)(C)C. The second-order valence-corrected chi connectivity index (χ2v) is 28.0. The van der Waals surface area contributed by atoms with Crippen molar-refractivity contribution < 1.29 is 17.5 Å². The molecule has 0 amide bonds. The molecular formula is C18H44O4Si4. The molecule has 0 aromatic heterocycles. The topological polar surface area (TPSA) is 47.9 Å². The van der Waals surface area contributed by atoms with E-state index < -0.39 is 39.4 Å². The molecule has 0 unspecified atom stereocenters. The molecule has 1 N–H and O–H groups in total. The highest BCUT2D eigenvalue weighted by molar-refractivity contribution is 6.90. The summed E-state index contributed by atoms with van der Waals surface area (Å²) in [7, 11) is -8.17. The summed E-state index contributed by atoms with van der Waals surface area (Å²) in [6.45, 7) is 20.0. The molecular weight excluding hydrogens is 393 g/mol. The van der Waals surface area contributed by atoms with Crippen LogP contribution in [0.2, 0.25) is 65.0 Å². The first-order valence-corrected chi connectivity index (χ1v) is 22.5. The molecule has 0 aliphatic heterocycles. The minimum atomic E-state index is -2.75. The zero-order chi connectivity index (χ0) is 20.3. The number of hydrogen-bond donors (Lipinski definition) is 1. The normalized spacial score (nSPS) is 19.6. The minimum Gasteiger partial charge on any atom is -0.417 e. The first-order valence-electron chi connectivity index (χ1n) is 10.4. The molecule has 0 bridgehead atoms. The number of rotatable bonds is 10. The van der Waals surface area contributed by atoms with Gasteiger partial charge in [-0.25, -0.2) is 0 Å². The van der Waals surface area contributed by atoms with E-state index in [2.05, 4.69) is 58.9 Å². The maximum absolute atomic E-state index is 10.9. The van der Waals surface area contributed by atoms with E-state index in [9.17, 15) is 5.11 Å². The Balaban J connectivity index is 2.95. The van der Waals surface area contributed by atoms with E-state index in [-0.39, 0.29) is 0 Å². The van der Waals surface area contributed by atoms with Gasteiger partial charge < -0.3 is 17.5 Å². The van der Waals surface area contributed by atoms with E-state index in [1.54, 1.807) is 0 Å². The van der Waals surface area contributed by atoms with Gasteiger partial charge in [0.25, 0.3) is 0 Å². The standard InChI is InChI=1S/C18H44O4Si4/c1-23(2,3)20-26(21-24(4,5)6,22-25(7,8)9)17-13-16-18(19)14-11-10-12-15-18/h19H,10-17H2,1-9H3. The summed E-state index contributed by atoms with van der Waals surface area (Å²) in [5, 5.41) is 10.9. The van der Waals surface area contributed by atoms with Crippen LogP contribution in [0.5, 0.6) is 0 Å². The Morgan fingerprint density at radius 3 is 1.42 bits per heavy atom. The predicted molar refractivity (Wildman–Crippen MR) is 121 cm³/mol. The van der Waals surface area contributed by atoms with Crippen molar-refractivity contribution in [3.8, 4) is 0 Å². The lowest BCUT2D eigenvalue weighted by molar-refractivity contribution is -0.00484. The summed E-state index contributed by atoms with van der Waals surface area (Å²) in [5.41, 5.74) is -0.476. The van der Waals surface area contributed by atoms with Crippen LogP contribution >= 0.6 is 0 Å². The fourth-order valence-electron chi connectivity index (χ4n) is 3.71. The lowest BCUT2D eigenvalue weighted by atomic mass is 9.82. The first-order chi connectivity index (χ1) is 11.5. The van der Waals surface area contributed by atoms with Gasteiger partial charge in [0.05, 0.1) is 5.60 Å². The van der Waals surface area contributed by atoms with Crippen molar-refractivity contribution in [1.29, 1.82) is 0 Å². The van der Waals surface area contributed by atoms with Gasteiger partial charge in [-0.3, -0.25) is 0 Å². The van der Waals surface area contributed by atoms with E-state index in [4.69, 9.17) is 12.3 Å². The Morgan fingerprint density at radius 1 is 0.692 bits per heavy atom. The highest BCUT2D eigenvalue weighted by atomic mass is 28.5. The van der Waals surface area contributed by atoms with Crippen molar-refractivity contribution >= 4 is 33.8 Å². The van der Waals surface area contributed by atoms with Crippen LogP contribution in [0.25, 0.3) is 0 Å². The molecule has 0 spiro atoms. The summed E-state index contributed by atoms with van der Waals surface area (Å²) in [4.78, 5) is 0. The summed E-state index contributed by atoms with van der Waals surface area (Å²) < 4.78 is 20.2. The molecule has 26 heavy (non-hydrogen) atoms. The molecule has 0 aromatic rings. The van der Waals surface area contributed by atoms with Crippen molar-refractivity contribution in [1.82, 2.24) is 0 Å². The van der Waals surface area contributed by atoms with E-state index in [1.165, 1.54) is 6.42 Å². The molecule has 1 rings (SSSR count). The average Bonchev–Trinajstić information content (AvgIpc) is 2.32. The van der Waals surface area contributed by atoms with Gasteiger partial charge in [0.2, 0.25) is 0 Å². The minimum absolute atomic E-state index is 0.476. The smallest absolute Gasteiger partial charge is 0.417 e. The maximum Gasteiger partial charge on any atom is 0.469 e. The summed E-state index contributed by atoms with van der Waals surface area (Å²) in [5.74, 6) is 0. The zero-order valence-corrected chi connectivity index (χ0v) is 22.8. The first kappa shape index (κ1) is 24.7. The quantitative estimate of drug-likeness (QED) is 0.429. The van der Waals surface area contributed by atoms with Gasteiger partial charge in [0, 0.05) is 6.04 Å². The van der Waals surface area contributed by atoms with Crippen LogP contribution in [0.4, 0.5) is 0 Å². The molecule has 0 heterocycles. The molecule has 8 heteroatoms. The Kier molecular flexibility index (Phi) is 8.59. The van der Waals surface area contributed by atoms with Gasteiger partial charge >= 0.3 is 8.80 Å². The Labute approximate surface area is 166 Å². The third-order valence-corrected chi connectivity index (χ3v) is 16.3. The van der Waals surface area contributed by atoms with Gasteiger partial charge in [-0.1, -0.05) is 19.3 Å². The van der Waals surface area contributed by atoms with Crippen LogP contribution in [-0.2, 0) is 12.3 Å². The summed E-state index contributed by atoms with van der Waals surface area (Å²) in [6, 6.07) is 0.841. The van der Waals surface area contributed by atoms with Crippen molar-refractivity contribution in [3.05, 3.63) is 0 Å². The molecule has 0 aromatic carbocycles. The maximum atomic E-state index is 10.9. The third-order valence-electron chi connectivity index (χ3n) is 4.29. The molecule has 0 radical (unpaired) electrons. The van der Waals surface area contributed by atoms with Crippen LogP contribution in [0.1, 0.15) is 44.9 Å². The lowest BCUT2D eigenvalue weighted by Crippen LogP contribution is -2.60. The highest BCUT2D eigenvalue weighted by Gasteiger charge is 2.49. The van der Waals surface area contributed by atoms with Crippen LogP contribution in [0.3, 0.4) is 0 Å². The van der Waals surface area contributed by atoms with E-state index in [0.29, 0.717) is 0 Å². The molecule has 0 atom stereocenters. The third kappa shape index (κ3) is 10.3. The van der Waals surface area contributed by atoms with Crippen molar-refractivity contribution in [2.24, 2.45) is 0 Å². The monoisotopic (exact) mass is 436 g/mol. The number of hydrogen-bond acceptors (Lipinski definition) is 4. The van der Waals surface area contributed by atoms with Crippen molar-refractivity contribution in [3.63, 3.8) is 0 Å². The second-order valence-electron chi connectivity index (χ2n) is 11.0. The summed E-state index contributed by atoms with van der Waals surface area (Å²) in [6.07, 6.45) is 7.24. The van der Waals surface area contributed by atoms with Gasteiger partial charge in [-0.05, 0) is 84.6 Å². The fourth-order valence-corrected chi connectivity index (χ4v) is 18.4. The zero-order valence-electron chi connectivity index (χ0n) is 18.8. The molecule has 1 aliphatic rings. The van der Waals surface area contributed by atoms with E-state index >= 15 is 0 Å². The van der Waals surface area contributed by atoms with Gasteiger partial charge in [-0.15, -0.1) is 0 Å². The van der Waals surface area contributed by atoms with Crippen LogP contribution in [0, 0.1) is 0 Å². The highest BCUT2D eigenvalue weighted by Crippen LogP contribution is 2.35. The number of aliphatic hydroxyl groups is 1. The molecule has 4 nitrogen and oxygen atoms in total. The molecule has 1 fully saturated rings. The fraction of sp³-hybridized carbons (Fsp3) is 1.00. The van der Waals surface area contributed by atoms with Gasteiger partial charge in [0.15, 0.2) is 25.0 Å². The van der Waals surface area contributed by atoms with Gasteiger partial charge in [0.1, 0.15) is 0 Å². The second kappa shape index (κ2) is 9.02. The molecule has 156 valence electrons. The van der Waals surface area contributed by atoms with E-state index in [1.807, 2.05) is 0 Å². The predicted octanol–water partition coefficient (Wildman–Crippen LogP) is 5.96. The Bertz CT molecular complexity index is 391. The van der Waals surface area contributed by atoms with E-state index in [0.717, 1.165) is 44.6 Å². The Hall–Kier alpha value is 0.708. The molecule has 0 saturated heterocycles. The molecule has 1 saturated carbocycles.